The number of halogens is 7. The highest BCUT2D eigenvalue weighted by molar-refractivity contribution is 5.59. The van der Waals surface area contributed by atoms with Gasteiger partial charge in [0.15, 0.2) is 5.82 Å². The number of nitrogens with zero attached hydrogens (tertiary/aromatic N) is 4. The molecule has 3 heterocycles. The van der Waals surface area contributed by atoms with E-state index in [1.165, 1.54) is 12.1 Å². The maximum atomic E-state index is 13.6. The number of hydrogen-bond donors (Lipinski definition) is 1. The lowest BCUT2D eigenvalue weighted by Gasteiger charge is -2.36. The Morgan fingerprint density at radius 2 is 1.72 bits per heavy atom. The van der Waals surface area contributed by atoms with Crippen molar-refractivity contribution < 1.29 is 35.3 Å². The fourth-order valence-electron chi connectivity index (χ4n) is 4.73. The Kier molecular flexibility index (Phi) is 6.95. The minimum atomic E-state index is -4.85. The molecule has 1 N–H and O–H groups in total. The first kappa shape index (κ1) is 26.9. The number of likely N-dealkylation sites (tertiary alicyclic amines) is 1. The summed E-state index contributed by atoms with van der Waals surface area (Å²) in [7, 11) is 0. The summed E-state index contributed by atoms with van der Waals surface area (Å²) in [4.78, 5) is 14.0. The molecule has 4 aromatic rings. The molecule has 1 saturated heterocycles. The quantitative estimate of drug-likeness (QED) is 0.268. The summed E-state index contributed by atoms with van der Waals surface area (Å²) in [6.45, 7) is 2.98. The maximum Gasteiger partial charge on any atom is 0.419 e. The lowest BCUT2D eigenvalue weighted by atomic mass is 9.91. The van der Waals surface area contributed by atoms with Crippen LogP contribution in [0, 0.1) is 5.82 Å². The molecule has 0 saturated carbocycles. The van der Waals surface area contributed by atoms with Crippen molar-refractivity contribution in [2.24, 2.45) is 0 Å². The molecule has 0 amide bonds. The zero-order valence-electron chi connectivity index (χ0n) is 20.4. The molecular weight excluding hydrogens is 531 g/mol. The number of hydrogen-bond acceptors (Lipinski definition) is 5. The van der Waals surface area contributed by atoms with Crippen LogP contribution in [0.25, 0.3) is 22.7 Å². The van der Waals surface area contributed by atoms with E-state index in [4.69, 9.17) is 4.52 Å². The zero-order valence-corrected chi connectivity index (χ0v) is 20.4. The molecule has 1 aliphatic rings. The highest BCUT2D eigenvalue weighted by atomic mass is 19.4. The van der Waals surface area contributed by atoms with E-state index in [1.54, 1.807) is 6.20 Å². The molecule has 0 spiro atoms. The summed E-state index contributed by atoms with van der Waals surface area (Å²) in [5.41, 5.74) is -0.929. The Morgan fingerprint density at radius 3 is 2.38 bits per heavy atom. The predicted molar refractivity (Wildman–Crippen MR) is 126 cm³/mol. The van der Waals surface area contributed by atoms with Crippen molar-refractivity contribution in [3.8, 4) is 22.7 Å². The van der Waals surface area contributed by atoms with Gasteiger partial charge in [0.2, 0.25) is 0 Å². The zero-order chi connectivity index (χ0) is 27.9. The lowest BCUT2D eigenvalue weighted by Crippen LogP contribution is -2.40. The van der Waals surface area contributed by atoms with Crippen molar-refractivity contribution in [2.75, 3.05) is 6.54 Å². The summed E-state index contributed by atoms with van der Waals surface area (Å²) in [5, 5.41) is 3.88. The number of aromatic amines is 1. The third kappa shape index (κ3) is 5.82. The van der Waals surface area contributed by atoms with Crippen molar-refractivity contribution in [3.05, 3.63) is 77.3 Å². The number of alkyl halides is 6. The van der Waals surface area contributed by atoms with Crippen molar-refractivity contribution in [1.29, 1.82) is 0 Å². The molecule has 0 unspecified atom stereocenters. The van der Waals surface area contributed by atoms with E-state index in [9.17, 15) is 30.7 Å². The highest BCUT2D eigenvalue weighted by Crippen LogP contribution is 2.35. The molecule has 0 bridgehead atoms. The summed E-state index contributed by atoms with van der Waals surface area (Å²) < 4.78 is 96.4. The third-order valence-electron chi connectivity index (χ3n) is 6.85. The van der Waals surface area contributed by atoms with Crippen LogP contribution in [-0.2, 0) is 18.9 Å². The molecular formula is C26H22F7N5O. The first-order valence-corrected chi connectivity index (χ1v) is 12.0. The maximum absolute atomic E-state index is 13.6. The fraction of sp³-hybridized carbons (Fsp3) is 0.346. The van der Waals surface area contributed by atoms with Gasteiger partial charge in [-0.3, -0.25) is 4.90 Å². The molecule has 6 nitrogen and oxygen atoms in total. The van der Waals surface area contributed by atoms with Gasteiger partial charge in [-0.25, -0.2) is 9.37 Å². The topological polar surface area (TPSA) is 70.8 Å². The Balaban J connectivity index is 1.22. The van der Waals surface area contributed by atoms with Crippen LogP contribution in [0.5, 0.6) is 0 Å². The first-order chi connectivity index (χ1) is 18.4. The molecule has 2 aromatic carbocycles. The smallest absolute Gasteiger partial charge is 0.342 e. The van der Waals surface area contributed by atoms with Gasteiger partial charge in [-0.15, -0.1) is 0 Å². The Hall–Kier alpha value is -3.74. The first-order valence-electron chi connectivity index (χ1n) is 12.0. The second kappa shape index (κ2) is 10.1. The molecule has 1 aliphatic heterocycles. The van der Waals surface area contributed by atoms with Crippen LogP contribution < -0.4 is 0 Å². The standard InChI is InChI=1S/C26H22F7N5O/c1-14-10-16(23-34-12-21(35-23)15-2-5-18(6-3-15)25(28,29)30)8-9-38(14)13-22-36-24(39-37-22)17-4-7-20(27)19(11-17)26(31,32)33/h2-7,11-12,14,16H,8-10,13H2,1H3,(H,34,35)/t14-,16-/m0/s1. The van der Waals surface area contributed by atoms with Gasteiger partial charge in [-0.2, -0.15) is 31.3 Å². The molecule has 2 aromatic heterocycles. The average Bonchev–Trinajstić information content (AvgIpc) is 3.55. The van der Waals surface area contributed by atoms with Crippen LogP contribution in [0.15, 0.2) is 53.2 Å². The number of piperidine rings is 1. The second-order valence-electron chi connectivity index (χ2n) is 9.51. The van der Waals surface area contributed by atoms with Gasteiger partial charge in [0.25, 0.3) is 5.89 Å². The van der Waals surface area contributed by atoms with Gasteiger partial charge in [-0.1, -0.05) is 17.3 Å². The van der Waals surface area contributed by atoms with Crippen molar-refractivity contribution in [1.82, 2.24) is 25.0 Å². The third-order valence-corrected chi connectivity index (χ3v) is 6.85. The number of rotatable bonds is 5. The van der Waals surface area contributed by atoms with Crippen LogP contribution in [0.3, 0.4) is 0 Å². The SMILES string of the molecule is C[C@H]1C[C@@H](c2ncc(-c3ccc(C(F)(F)F)cc3)[nH]2)CCN1Cc1noc(-c2ccc(F)c(C(F)(F)F)c2)n1. The van der Waals surface area contributed by atoms with Gasteiger partial charge in [0.05, 0.1) is 29.6 Å². The van der Waals surface area contributed by atoms with Gasteiger partial charge in [0, 0.05) is 17.5 Å². The summed E-state index contributed by atoms with van der Waals surface area (Å²) >= 11 is 0. The van der Waals surface area contributed by atoms with E-state index in [0.717, 1.165) is 36.9 Å². The molecule has 0 aliphatic carbocycles. The van der Waals surface area contributed by atoms with Gasteiger partial charge < -0.3 is 9.51 Å². The van der Waals surface area contributed by atoms with Crippen LogP contribution in [0.1, 0.15) is 48.5 Å². The number of imidazole rings is 1. The molecule has 1 fully saturated rings. The van der Waals surface area contributed by atoms with Crippen molar-refractivity contribution in [2.45, 2.75) is 50.6 Å². The number of nitrogens with one attached hydrogen (secondary N) is 1. The van der Waals surface area contributed by atoms with E-state index >= 15 is 0 Å². The molecule has 0 radical (unpaired) electrons. The number of H-pyrrole nitrogens is 1. The molecule has 5 rings (SSSR count). The Morgan fingerprint density at radius 1 is 1.00 bits per heavy atom. The van der Waals surface area contributed by atoms with E-state index < -0.39 is 29.3 Å². The van der Waals surface area contributed by atoms with Crippen LogP contribution >= 0.6 is 0 Å². The molecule has 39 heavy (non-hydrogen) atoms. The van der Waals surface area contributed by atoms with E-state index in [2.05, 4.69) is 25.0 Å². The number of aromatic nitrogens is 4. The molecule has 206 valence electrons. The molecule has 13 heteroatoms. The minimum Gasteiger partial charge on any atom is -0.342 e. The molecule has 2 atom stereocenters. The Labute approximate surface area is 217 Å². The summed E-state index contributed by atoms with van der Waals surface area (Å²) in [5.74, 6) is -0.388. The minimum absolute atomic E-state index is 0.0316. The second-order valence-corrected chi connectivity index (χ2v) is 9.51. The lowest BCUT2D eigenvalue weighted by molar-refractivity contribution is -0.140. The van der Waals surface area contributed by atoms with Gasteiger partial charge in [0.1, 0.15) is 11.6 Å². The number of benzene rings is 2. The Bertz CT molecular complexity index is 1440. The predicted octanol–water partition coefficient (Wildman–Crippen LogP) is 7.07. The van der Waals surface area contributed by atoms with Crippen molar-refractivity contribution in [3.63, 3.8) is 0 Å². The highest BCUT2D eigenvalue weighted by Gasteiger charge is 2.35. The monoisotopic (exact) mass is 553 g/mol. The normalized spacial score (nSPS) is 19.0. The van der Waals surface area contributed by atoms with Crippen LogP contribution in [0.2, 0.25) is 0 Å². The van der Waals surface area contributed by atoms with Crippen LogP contribution in [-0.4, -0.2) is 37.6 Å². The largest absolute Gasteiger partial charge is 0.419 e. The average molecular weight is 553 g/mol. The van der Waals surface area contributed by atoms with E-state index in [0.29, 0.717) is 36.5 Å². The summed E-state index contributed by atoms with van der Waals surface area (Å²) in [6.07, 6.45) is -6.17. The van der Waals surface area contributed by atoms with Crippen LogP contribution in [0.4, 0.5) is 30.7 Å². The van der Waals surface area contributed by atoms with Gasteiger partial charge in [-0.05, 0) is 62.2 Å². The van der Waals surface area contributed by atoms with Crippen molar-refractivity contribution >= 4 is 0 Å². The van der Waals surface area contributed by atoms with E-state index in [-0.39, 0.29) is 29.2 Å². The summed E-state index contributed by atoms with van der Waals surface area (Å²) in [6, 6.07) is 7.46. The fourth-order valence-corrected chi connectivity index (χ4v) is 4.73. The van der Waals surface area contributed by atoms with Gasteiger partial charge >= 0.3 is 12.4 Å². The van der Waals surface area contributed by atoms with E-state index in [1.807, 2.05) is 6.92 Å².